The zero-order valence-electron chi connectivity index (χ0n) is 12.5. The zero-order valence-corrected chi connectivity index (χ0v) is 13.4. The van der Waals surface area contributed by atoms with Gasteiger partial charge in [0.1, 0.15) is 11.3 Å². The smallest absolute Gasteiger partial charge is 0.341 e. The maximum atomic E-state index is 11.9. The van der Waals surface area contributed by atoms with Gasteiger partial charge in [-0.05, 0) is 37.7 Å². The molecular formula is C16H24O3S. The van der Waals surface area contributed by atoms with Gasteiger partial charge in [-0.2, -0.15) is 12.6 Å². The van der Waals surface area contributed by atoms with Crippen LogP contribution in [0.1, 0.15) is 44.0 Å². The van der Waals surface area contributed by atoms with E-state index in [0.29, 0.717) is 24.5 Å². The molecule has 112 valence electrons. The van der Waals surface area contributed by atoms with Gasteiger partial charge in [-0.15, -0.1) is 0 Å². The van der Waals surface area contributed by atoms with Crippen LogP contribution in [0.25, 0.3) is 0 Å². The number of thiol groups is 1. The summed E-state index contributed by atoms with van der Waals surface area (Å²) in [4.78, 5) is 11.9. The molecule has 0 aliphatic heterocycles. The average molecular weight is 296 g/mol. The van der Waals surface area contributed by atoms with Gasteiger partial charge in [0.2, 0.25) is 0 Å². The fourth-order valence-electron chi connectivity index (χ4n) is 1.92. The number of rotatable bonds is 8. The Kier molecular flexibility index (Phi) is 6.93. The van der Waals surface area contributed by atoms with Crippen molar-refractivity contribution >= 4 is 18.6 Å². The molecule has 1 aromatic rings. The lowest BCUT2D eigenvalue weighted by atomic mass is 9.85. The topological polar surface area (TPSA) is 35.5 Å². The summed E-state index contributed by atoms with van der Waals surface area (Å²) in [6.45, 7) is 6.99. The van der Waals surface area contributed by atoms with Crippen LogP contribution in [0.2, 0.25) is 0 Å². The van der Waals surface area contributed by atoms with Crippen LogP contribution in [0.15, 0.2) is 24.3 Å². The predicted octanol–water partition coefficient (Wildman–Crippen LogP) is 3.98. The van der Waals surface area contributed by atoms with E-state index in [2.05, 4.69) is 26.5 Å². The fraction of sp³-hybridized carbons (Fsp3) is 0.562. The van der Waals surface area contributed by atoms with E-state index in [9.17, 15) is 4.79 Å². The van der Waals surface area contributed by atoms with Crippen molar-refractivity contribution in [3.63, 3.8) is 0 Å². The van der Waals surface area contributed by atoms with Gasteiger partial charge in [0, 0.05) is 5.41 Å². The molecule has 0 fully saturated rings. The molecule has 1 aromatic carbocycles. The second-order valence-corrected chi connectivity index (χ2v) is 5.19. The highest BCUT2D eigenvalue weighted by atomic mass is 32.1. The summed E-state index contributed by atoms with van der Waals surface area (Å²) in [5, 5.41) is 0. The monoisotopic (exact) mass is 296 g/mol. The highest BCUT2D eigenvalue weighted by Gasteiger charge is 2.26. The molecule has 20 heavy (non-hydrogen) atoms. The average Bonchev–Trinajstić information content (AvgIpc) is 2.50. The molecule has 4 heteroatoms. The molecule has 0 amide bonds. The molecule has 0 heterocycles. The Morgan fingerprint density at radius 2 is 1.85 bits per heavy atom. The second-order valence-electron chi connectivity index (χ2n) is 4.87. The Balaban J connectivity index is 2.85. The second kappa shape index (κ2) is 8.20. The normalized spacial score (nSPS) is 11.2. The van der Waals surface area contributed by atoms with E-state index in [1.165, 1.54) is 0 Å². The molecule has 0 aliphatic rings. The maximum absolute atomic E-state index is 11.9. The number of esters is 1. The highest BCUT2D eigenvalue weighted by Crippen LogP contribution is 2.30. The first-order valence-electron chi connectivity index (χ1n) is 7.12. The maximum Gasteiger partial charge on any atom is 0.341 e. The summed E-state index contributed by atoms with van der Waals surface area (Å²) in [7, 11) is 0. The van der Waals surface area contributed by atoms with E-state index < -0.39 is 0 Å². The van der Waals surface area contributed by atoms with Crippen molar-refractivity contribution in [3.8, 4) is 5.75 Å². The van der Waals surface area contributed by atoms with Crippen LogP contribution in [-0.4, -0.2) is 24.9 Å². The first-order chi connectivity index (χ1) is 9.62. The van der Waals surface area contributed by atoms with Crippen molar-refractivity contribution in [2.75, 3.05) is 19.0 Å². The Morgan fingerprint density at radius 3 is 2.40 bits per heavy atom. The largest absolute Gasteiger partial charge is 0.492 e. The Labute approximate surface area is 127 Å². The minimum absolute atomic E-state index is 0.0465. The third kappa shape index (κ3) is 4.17. The van der Waals surface area contributed by atoms with Crippen LogP contribution in [0.5, 0.6) is 5.75 Å². The molecule has 0 aromatic heterocycles. The molecule has 0 saturated carbocycles. The lowest BCUT2D eigenvalue weighted by molar-refractivity contribution is 0.0518. The van der Waals surface area contributed by atoms with Crippen LogP contribution < -0.4 is 4.74 Å². The van der Waals surface area contributed by atoms with Gasteiger partial charge in [-0.3, -0.25) is 0 Å². The van der Waals surface area contributed by atoms with E-state index in [1.807, 2.05) is 12.1 Å². The molecule has 0 saturated heterocycles. The van der Waals surface area contributed by atoms with Crippen LogP contribution in [-0.2, 0) is 4.74 Å². The minimum Gasteiger partial charge on any atom is -0.492 e. The molecule has 0 N–H and O–H groups in total. The van der Waals surface area contributed by atoms with Crippen molar-refractivity contribution in [1.82, 2.24) is 0 Å². The predicted molar refractivity (Wildman–Crippen MR) is 84.8 cm³/mol. The Bertz CT molecular complexity index is 419. The third-order valence-corrected chi connectivity index (χ3v) is 4.42. The van der Waals surface area contributed by atoms with Gasteiger partial charge in [0.25, 0.3) is 0 Å². The molecular weight excluding hydrogens is 272 g/mol. The van der Waals surface area contributed by atoms with Gasteiger partial charge < -0.3 is 9.47 Å². The van der Waals surface area contributed by atoms with Crippen molar-refractivity contribution in [1.29, 1.82) is 0 Å². The molecule has 0 unspecified atom stereocenters. The van der Waals surface area contributed by atoms with Crippen LogP contribution >= 0.6 is 12.6 Å². The minimum atomic E-state index is -0.340. The molecule has 0 radical (unpaired) electrons. The van der Waals surface area contributed by atoms with Crippen LogP contribution in [0.4, 0.5) is 0 Å². The Hall–Kier alpha value is -1.16. The Morgan fingerprint density at radius 1 is 1.20 bits per heavy atom. The molecule has 0 aliphatic carbocycles. The van der Waals surface area contributed by atoms with Crippen molar-refractivity contribution in [2.24, 2.45) is 5.41 Å². The summed E-state index contributed by atoms with van der Waals surface area (Å²) < 4.78 is 10.9. The summed E-state index contributed by atoms with van der Waals surface area (Å²) in [5.74, 6) is 1.01. The number of ether oxygens (including phenoxy) is 2. The van der Waals surface area contributed by atoms with Crippen LogP contribution in [0.3, 0.4) is 0 Å². The van der Waals surface area contributed by atoms with E-state index in [4.69, 9.17) is 9.47 Å². The molecule has 1 rings (SSSR count). The highest BCUT2D eigenvalue weighted by molar-refractivity contribution is 7.80. The number of hydrogen-bond donors (Lipinski definition) is 1. The number of benzene rings is 1. The number of carbonyl (C=O) groups is 1. The van der Waals surface area contributed by atoms with E-state index in [-0.39, 0.29) is 11.4 Å². The van der Waals surface area contributed by atoms with Gasteiger partial charge >= 0.3 is 5.97 Å². The van der Waals surface area contributed by atoms with E-state index >= 15 is 0 Å². The molecule has 3 nitrogen and oxygen atoms in total. The van der Waals surface area contributed by atoms with Crippen molar-refractivity contribution < 1.29 is 14.3 Å². The van der Waals surface area contributed by atoms with Gasteiger partial charge in [-0.25, -0.2) is 4.79 Å². The molecule has 0 spiro atoms. The van der Waals surface area contributed by atoms with Gasteiger partial charge in [0.05, 0.1) is 13.2 Å². The summed E-state index contributed by atoms with van der Waals surface area (Å²) in [6, 6.07) is 7.21. The summed E-state index contributed by atoms with van der Waals surface area (Å²) >= 11 is 4.44. The lowest BCUT2D eigenvalue weighted by Crippen LogP contribution is -2.29. The van der Waals surface area contributed by atoms with Crippen molar-refractivity contribution in [2.45, 2.75) is 33.6 Å². The fourth-order valence-corrected chi connectivity index (χ4v) is 2.46. The molecule has 0 atom stereocenters. The lowest BCUT2D eigenvalue weighted by Gasteiger charge is -2.29. The molecule has 0 bridgehead atoms. The number of carbonyl (C=O) groups excluding carboxylic acids is 1. The van der Waals surface area contributed by atoms with Gasteiger partial charge in [0.15, 0.2) is 0 Å². The zero-order chi connectivity index (χ0) is 15.0. The third-order valence-electron chi connectivity index (χ3n) is 3.75. The van der Waals surface area contributed by atoms with E-state index in [0.717, 1.165) is 18.6 Å². The first kappa shape index (κ1) is 16.9. The SMILES string of the molecule is CCOC(=O)c1ccccc1OCC(CC)(CC)CS. The van der Waals surface area contributed by atoms with E-state index in [1.54, 1.807) is 19.1 Å². The van der Waals surface area contributed by atoms with Crippen LogP contribution in [0, 0.1) is 5.41 Å². The number of para-hydroxylation sites is 1. The summed E-state index contributed by atoms with van der Waals surface area (Å²) in [5.41, 5.74) is 0.528. The number of hydrogen-bond acceptors (Lipinski definition) is 4. The van der Waals surface area contributed by atoms with Crippen molar-refractivity contribution in [3.05, 3.63) is 29.8 Å². The quantitative estimate of drug-likeness (QED) is 0.582. The standard InChI is InChI=1S/C16H24O3S/c1-4-16(5-2,12-20)11-19-14-10-8-7-9-13(14)15(17)18-6-3/h7-10,20H,4-6,11-12H2,1-3H3. The van der Waals surface area contributed by atoms with Gasteiger partial charge in [-0.1, -0.05) is 26.0 Å². The first-order valence-corrected chi connectivity index (χ1v) is 7.75. The summed E-state index contributed by atoms with van der Waals surface area (Å²) in [6.07, 6.45) is 1.99.